The minimum Gasteiger partial charge on any atom is -0.396 e. The number of carbonyl (C=O) groups is 2. The molecule has 8 nitrogen and oxygen atoms in total. The lowest BCUT2D eigenvalue weighted by molar-refractivity contribution is -0.175. The molecule has 2 heterocycles. The Morgan fingerprint density at radius 1 is 1.10 bits per heavy atom. The van der Waals surface area contributed by atoms with Crippen LogP contribution in [-0.4, -0.2) is 82.0 Å². The lowest BCUT2D eigenvalue weighted by Gasteiger charge is -2.52. The number of carbonyl (C=O) groups excluding carboxylic acids is 2. The Morgan fingerprint density at radius 3 is 2.33 bits per heavy atom. The van der Waals surface area contributed by atoms with Crippen molar-refractivity contribution in [3.05, 3.63) is 58.5 Å². The molecule has 2 amide bonds. The molecule has 1 saturated carbocycles. The lowest BCUT2D eigenvalue weighted by atomic mass is 9.65. The van der Waals surface area contributed by atoms with Crippen molar-refractivity contribution in [1.29, 1.82) is 0 Å². The van der Waals surface area contributed by atoms with Gasteiger partial charge < -0.3 is 24.6 Å². The third kappa shape index (κ3) is 5.95. The van der Waals surface area contributed by atoms with Gasteiger partial charge in [-0.1, -0.05) is 43.2 Å². The predicted octanol–water partition coefficient (Wildman–Crippen LogP) is 3.30. The summed E-state index contributed by atoms with van der Waals surface area (Å²) < 4.78 is 40.4. The van der Waals surface area contributed by atoms with Crippen LogP contribution in [0.2, 0.25) is 0 Å². The number of likely N-dealkylation sites (tertiary alicyclic amines) is 1. The number of benzene rings is 1. The summed E-state index contributed by atoms with van der Waals surface area (Å²) in [5.41, 5.74) is -1.20. The van der Waals surface area contributed by atoms with Crippen LogP contribution in [0, 0.1) is 11.3 Å². The topological polar surface area (TPSA) is 103 Å². The maximum absolute atomic E-state index is 13.3. The Hall–Kier alpha value is -3.18. The van der Waals surface area contributed by atoms with Gasteiger partial charge in [0.2, 0.25) is 5.91 Å². The highest BCUT2D eigenvalue weighted by molar-refractivity contribution is 6.00. The molecule has 1 saturated heterocycles. The van der Waals surface area contributed by atoms with E-state index >= 15 is 0 Å². The lowest BCUT2D eigenvalue weighted by Crippen LogP contribution is -2.62. The molecular formula is C29H36F3N3O5. The summed E-state index contributed by atoms with van der Waals surface area (Å²) in [5, 5.41) is 21.6. The first-order valence-corrected chi connectivity index (χ1v) is 13.5. The molecule has 0 bridgehead atoms. The maximum Gasteiger partial charge on any atom is 0.389 e. The van der Waals surface area contributed by atoms with E-state index in [2.05, 4.69) is 0 Å². The summed E-state index contributed by atoms with van der Waals surface area (Å²) in [6, 6.07) is 10.4. The van der Waals surface area contributed by atoms with Crippen LogP contribution >= 0.6 is 0 Å². The first kappa shape index (κ1) is 29.8. The standard InChI is InChI=1S/C29H36F3N3O5/c1-33(2)26(39)23-16-35(24(37)14-22(23)20-8-4-3-5-9-20)19-28(40)12-13-34(18-27(28)10-6-7-11-27)25(38)21(17-36)15-29(30,31)32/h3-5,8-9,14,16,21,36,40H,6-7,10-13,15,17-19H2,1-2H3/t21?,28-/m0/s1. The van der Waals surface area contributed by atoms with E-state index in [1.807, 2.05) is 18.2 Å². The Labute approximate surface area is 231 Å². The minimum absolute atomic E-state index is 0.00816. The molecule has 2 atom stereocenters. The van der Waals surface area contributed by atoms with E-state index in [4.69, 9.17) is 0 Å². The summed E-state index contributed by atoms with van der Waals surface area (Å²) in [4.78, 5) is 42.2. The van der Waals surface area contributed by atoms with Crippen LogP contribution in [0.25, 0.3) is 11.1 Å². The summed E-state index contributed by atoms with van der Waals surface area (Å²) >= 11 is 0. The van der Waals surface area contributed by atoms with E-state index in [-0.39, 0.29) is 32.0 Å². The van der Waals surface area contributed by atoms with Crippen LogP contribution < -0.4 is 5.56 Å². The second kappa shape index (κ2) is 11.4. The summed E-state index contributed by atoms with van der Waals surface area (Å²) in [5.74, 6) is -2.69. The Bertz CT molecular complexity index is 1290. The first-order valence-electron chi connectivity index (χ1n) is 13.5. The molecule has 1 aliphatic carbocycles. The zero-order valence-corrected chi connectivity index (χ0v) is 22.8. The number of aliphatic hydroxyl groups excluding tert-OH is 1. The monoisotopic (exact) mass is 563 g/mol. The zero-order valence-electron chi connectivity index (χ0n) is 22.8. The summed E-state index contributed by atoms with van der Waals surface area (Å²) in [6.45, 7) is -1.01. The van der Waals surface area contributed by atoms with Gasteiger partial charge in [0.1, 0.15) is 0 Å². The molecule has 2 aromatic rings. The number of pyridine rings is 1. The molecule has 0 radical (unpaired) electrons. The molecule has 1 aliphatic heterocycles. The van der Waals surface area contributed by atoms with Crippen LogP contribution in [0.3, 0.4) is 0 Å². The highest BCUT2D eigenvalue weighted by Crippen LogP contribution is 2.52. The van der Waals surface area contributed by atoms with Gasteiger partial charge in [0, 0.05) is 50.4 Å². The van der Waals surface area contributed by atoms with Gasteiger partial charge in [-0.15, -0.1) is 0 Å². The van der Waals surface area contributed by atoms with Crippen molar-refractivity contribution in [2.45, 2.75) is 56.8 Å². The number of rotatable bonds is 7. The SMILES string of the molecule is CN(C)C(=O)c1cn(C[C@@]2(O)CCN(C(=O)C(CO)CC(F)(F)F)CC23CCCC3)c(=O)cc1-c1ccccc1. The molecule has 2 aliphatic rings. The molecule has 218 valence electrons. The fourth-order valence-electron chi connectivity index (χ4n) is 6.30. The molecule has 2 N–H and O–H groups in total. The average molecular weight is 564 g/mol. The molecule has 11 heteroatoms. The fraction of sp³-hybridized carbons (Fsp3) is 0.552. The second-order valence-corrected chi connectivity index (χ2v) is 11.4. The number of alkyl halides is 3. The van der Waals surface area contributed by atoms with Gasteiger partial charge >= 0.3 is 6.18 Å². The van der Waals surface area contributed by atoms with Crippen LogP contribution in [-0.2, 0) is 11.3 Å². The van der Waals surface area contributed by atoms with E-state index in [1.54, 1.807) is 26.2 Å². The second-order valence-electron chi connectivity index (χ2n) is 11.4. The minimum atomic E-state index is -4.60. The Kier molecular flexibility index (Phi) is 8.46. The van der Waals surface area contributed by atoms with Gasteiger partial charge in [-0.3, -0.25) is 14.4 Å². The van der Waals surface area contributed by atoms with E-state index in [0.29, 0.717) is 29.5 Å². The first-order chi connectivity index (χ1) is 18.8. The van der Waals surface area contributed by atoms with Gasteiger partial charge in [0.05, 0.1) is 36.7 Å². The maximum atomic E-state index is 13.3. The number of hydrogen-bond donors (Lipinski definition) is 2. The van der Waals surface area contributed by atoms with Gasteiger partial charge in [0.25, 0.3) is 11.5 Å². The number of nitrogens with zero attached hydrogens (tertiary/aromatic N) is 3. The van der Waals surface area contributed by atoms with Crippen molar-refractivity contribution in [1.82, 2.24) is 14.4 Å². The zero-order chi connectivity index (χ0) is 29.3. The Morgan fingerprint density at radius 2 is 1.75 bits per heavy atom. The molecule has 4 rings (SSSR count). The van der Waals surface area contributed by atoms with Crippen LogP contribution in [0.1, 0.15) is 48.9 Å². The van der Waals surface area contributed by atoms with E-state index < -0.39 is 47.6 Å². The molecule has 1 spiro atoms. The molecule has 40 heavy (non-hydrogen) atoms. The normalized spacial score (nSPS) is 21.4. The Balaban J connectivity index is 1.67. The molecular weight excluding hydrogens is 527 g/mol. The molecule has 1 aromatic carbocycles. The molecule has 1 aromatic heterocycles. The number of piperidine rings is 1. The average Bonchev–Trinajstić information content (AvgIpc) is 3.39. The van der Waals surface area contributed by atoms with Gasteiger partial charge in [-0.25, -0.2) is 0 Å². The number of aromatic nitrogens is 1. The van der Waals surface area contributed by atoms with Gasteiger partial charge in [0.15, 0.2) is 0 Å². The van der Waals surface area contributed by atoms with Gasteiger partial charge in [-0.05, 0) is 24.8 Å². The van der Waals surface area contributed by atoms with Crippen molar-refractivity contribution in [2.24, 2.45) is 11.3 Å². The third-order valence-electron chi connectivity index (χ3n) is 8.48. The quantitative estimate of drug-likeness (QED) is 0.538. The number of aliphatic hydroxyl groups is 2. The summed E-state index contributed by atoms with van der Waals surface area (Å²) in [7, 11) is 3.22. The van der Waals surface area contributed by atoms with Crippen molar-refractivity contribution in [2.75, 3.05) is 33.8 Å². The van der Waals surface area contributed by atoms with Crippen molar-refractivity contribution in [3.8, 4) is 11.1 Å². The smallest absolute Gasteiger partial charge is 0.389 e. The van der Waals surface area contributed by atoms with E-state index in [1.165, 1.54) is 26.6 Å². The van der Waals surface area contributed by atoms with Crippen molar-refractivity contribution < 1.29 is 33.0 Å². The third-order valence-corrected chi connectivity index (χ3v) is 8.48. The van der Waals surface area contributed by atoms with Crippen LogP contribution in [0.15, 0.2) is 47.4 Å². The summed E-state index contributed by atoms with van der Waals surface area (Å²) in [6.07, 6.45) is -1.89. The van der Waals surface area contributed by atoms with Crippen LogP contribution in [0.4, 0.5) is 13.2 Å². The van der Waals surface area contributed by atoms with E-state index in [9.17, 15) is 37.8 Å². The fourth-order valence-corrected chi connectivity index (χ4v) is 6.30. The highest BCUT2D eigenvalue weighted by Gasteiger charge is 2.56. The van der Waals surface area contributed by atoms with Crippen molar-refractivity contribution in [3.63, 3.8) is 0 Å². The highest BCUT2D eigenvalue weighted by atomic mass is 19.4. The molecule has 2 fully saturated rings. The van der Waals surface area contributed by atoms with Crippen molar-refractivity contribution >= 4 is 11.8 Å². The number of halogens is 3. The van der Waals surface area contributed by atoms with Crippen LogP contribution in [0.5, 0.6) is 0 Å². The molecule has 1 unspecified atom stereocenters. The predicted molar refractivity (Wildman–Crippen MR) is 142 cm³/mol. The van der Waals surface area contributed by atoms with Gasteiger partial charge in [-0.2, -0.15) is 13.2 Å². The van der Waals surface area contributed by atoms with E-state index in [0.717, 1.165) is 12.8 Å². The number of amides is 2. The largest absolute Gasteiger partial charge is 0.396 e. The number of hydrogen-bond acceptors (Lipinski definition) is 5.